The zero-order valence-corrected chi connectivity index (χ0v) is 33.1. The highest BCUT2D eigenvalue weighted by molar-refractivity contribution is 7.14. The van der Waals surface area contributed by atoms with Crippen LogP contribution in [0.1, 0.15) is 83.6 Å². The molecule has 0 saturated heterocycles. The molecule has 0 saturated carbocycles. The summed E-state index contributed by atoms with van der Waals surface area (Å²) < 4.78 is 2.40. The summed E-state index contributed by atoms with van der Waals surface area (Å²) in [4.78, 5) is 3.91. The second-order valence-electron chi connectivity index (χ2n) is 15.0. The molecule has 0 amide bonds. The maximum atomic E-state index is 4.24. The van der Waals surface area contributed by atoms with Crippen molar-refractivity contribution in [3.63, 3.8) is 0 Å². The third kappa shape index (κ3) is 5.27. The summed E-state index contributed by atoms with van der Waals surface area (Å²) in [7, 11) is 0. The van der Waals surface area contributed by atoms with Crippen molar-refractivity contribution in [3.8, 4) is 32.7 Å². The number of hydrogen-bond acceptors (Lipinski definition) is 2. The second-order valence-corrected chi connectivity index (χ2v) is 16.0. The van der Waals surface area contributed by atoms with E-state index in [9.17, 15) is 0 Å². The first-order chi connectivity index (χ1) is 25.8. The minimum Gasteiger partial charge on any atom is -0.358 e. The van der Waals surface area contributed by atoms with Gasteiger partial charge in [-0.15, -0.1) is 11.3 Å². The van der Waals surface area contributed by atoms with Gasteiger partial charge in [0.1, 0.15) is 0 Å². The van der Waals surface area contributed by atoms with Crippen LogP contribution in [0.4, 0.5) is 0 Å². The zero-order valence-electron chi connectivity index (χ0n) is 32.3. The molecule has 53 heavy (non-hydrogen) atoms. The first-order valence-corrected chi connectivity index (χ1v) is 20.2. The molecule has 3 aliphatic rings. The molecule has 0 bridgehead atoms. The van der Waals surface area contributed by atoms with E-state index in [1.165, 1.54) is 82.5 Å². The van der Waals surface area contributed by atoms with Crippen LogP contribution in [0, 0.1) is 0 Å². The van der Waals surface area contributed by atoms with Gasteiger partial charge in [0.2, 0.25) is 0 Å². The van der Waals surface area contributed by atoms with Gasteiger partial charge in [0.15, 0.2) is 0 Å². The Labute approximate surface area is 319 Å². The Morgan fingerprint density at radius 1 is 0.811 bits per heavy atom. The van der Waals surface area contributed by atoms with Gasteiger partial charge in [-0.25, -0.2) is 0 Å². The number of nitrogens with zero attached hydrogens (tertiary/aromatic N) is 2. The molecular formula is C50H50N2S. The Balaban J connectivity index is 0.00000197. The normalized spacial score (nSPS) is 18.1. The van der Waals surface area contributed by atoms with Crippen molar-refractivity contribution in [2.45, 2.75) is 72.3 Å². The maximum Gasteiger partial charge on any atom is 0.0635 e. The van der Waals surface area contributed by atoms with Crippen molar-refractivity contribution in [2.24, 2.45) is 0 Å². The summed E-state index contributed by atoms with van der Waals surface area (Å²) >= 11 is 1.84. The highest BCUT2D eigenvalue weighted by Gasteiger charge is 2.43. The summed E-state index contributed by atoms with van der Waals surface area (Å²) in [6.07, 6.45) is 17.4. The lowest BCUT2D eigenvalue weighted by atomic mass is 9.82. The standard InChI is InChI=1S/C48H44N2S.C2H6/c1-7-10-15-34(9-3)50-44-22-20-31(25-37(44)38-28-36-35-16-11-12-17-40(35)47(4,5)42(36)29-45(38)50)33-27-46(51-30-33)32-19-21-41-39(26-32)43-18-13-14-24-49(43)48(41,6)23-8-2;1-2/h7,9-22,25-30H,3,8,23-24H2,1-2,4-6H3;1-2H3/b10-7-,34-15+;. The molecule has 1 unspecified atom stereocenters. The molecule has 1 aliphatic carbocycles. The van der Waals surface area contributed by atoms with E-state index in [4.69, 9.17) is 0 Å². The molecule has 0 fully saturated rings. The first kappa shape index (κ1) is 34.9. The van der Waals surface area contributed by atoms with Gasteiger partial charge in [-0.1, -0.05) is 114 Å². The third-order valence-electron chi connectivity index (χ3n) is 11.8. The summed E-state index contributed by atoms with van der Waals surface area (Å²) in [6, 6.07) is 30.4. The van der Waals surface area contributed by atoms with Gasteiger partial charge in [-0.05, 0) is 125 Å². The summed E-state index contributed by atoms with van der Waals surface area (Å²) in [6.45, 7) is 20.7. The third-order valence-corrected chi connectivity index (χ3v) is 12.8. The predicted octanol–water partition coefficient (Wildman–Crippen LogP) is 14.4. The molecule has 4 heterocycles. The van der Waals surface area contributed by atoms with Crippen LogP contribution in [0.3, 0.4) is 0 Å². The molecule has 0 N–H and O–H groups in total. The molecule has 0 radical (unpaired) electrons. The van der Waals surface area contributed by atoms with Gasteiger partial charge >= 0.3 is 0 Å². The molecule has 9 rings (SSSR count). The SMILES string of the molecule is C=C/C(=C\C=C/C)n1c2ccc(-c3csc(-c4ccc5c(c4)C4=CC=CCN4C5(C)CCC)c3)cc2c2cc3c(cc21)C(C)(C)c1ccccc1-3.CC. The van der Waals surface area contributed by atoms with E-state index in [1.807, 2.05) is 31.3 Å². The molecule has 3 heteroatoms. The number of rotatable bonds is 7. The van der Waals surface area contributed by atoms with E-state index in [-0.39, 0.29) is 11.0 Å². The summed E-state index contributed by atoms with van der Waals surface area (Å²) in [5.74, 6) is 0. The lowest BCUT2D eigenvalue weighted by molar-refractivity contribution is 0.195. The minimum absolute atomic E-state index is 0.0415. The molecule has 1 atom stereocenters. The van der Waals surface area contributed by atoms with E-state index in [1.54, 1.807) is 0 Å². The van der Waals surface area contributed by atoms with E-state index in [2.05, 4.69) is 171 Å². The van der Waals surface area contributed by atoms with Gasteiger partial charge < -0.3 is 9.47 Å². The Bertz CT molecular complexity index is 2540. The molecule has 2 aromatic heterocycles. The minimum atomic E-state index is -0.0737. The van der Waals surface area contributed by atoms with Crippen LogP contribution in [0.15, 0.2) is 133 Å². The Morgan fingerprint density at radius 2 is 1.60 bits per heavy atom. The number of benzene rings is 4. The maximum absolute atomic E-state index is 4.24. The van der Waals surface area contributed by atoms with Crippen LogP contribution in [-0.4, -0.2) is 16.0 Å². The quantitative estimate of drug-likeness (QED) is 0.150. The van der Waals surface area contributed by atoms with E-state index in [0.29, 0.717) is 0 Å². The van der Waals surface area contributed by atoms with Crippen LogP contribution in [0.2, 0.25) is 0 Å². The van der Waals surface area contributed by atoms with Crippen LogP contribution in [-0.2, 0) is 11.0 Å². The number of thiophene rings is 1. The average molecular weight is 711 g/mol. The molecule has 4 aromatic carbocycles. The molecule has 6 aromatic rings. The zero-order chi connectivity index (χ0) is 37.1. The van der Waals surface area contributed by atoms with Crippen molar-refractivity contribution in [1.82, 2.24) is 9.47 Å². The van der Waals surface area contributed by atoms with Crippen LogP contribution in [0.5, 0.6) is 0 Å². The smallest absolute Gasteiger partial charge is 0.0635 e. The van der Waals surface area contributed by atoms with Gasteiger partial charge in [-0.3, -0.25) is 0 Å². The number of aromatic nitrogens is 1. The molecule has 266 valence electrons. The lowest BCUT2D eigenvalue weighted by Crippen LogP contribution is -2.38. The lowest BCUT2D eigenvalue weighted by Gasteiger charge is -2.38. The molecule has 2 nitrogen and oxygen atoms in total. The highest BCUT2D eigenvalue weighted by atomic mass is 32.1. The molecule has 0 spiro atoms. The van der Waals surface area contributed by atoms with Gasteiger partial charge in [-0.2, -0.15) is 0 Å². The second kappa shape index (κ2) is 13.4. The van der Waals surface area contributed by atoms with Crippen LogP contribution in [0.25, 0.3) is 65.9 Å². The van der Waals surface area contributed by atoms with Crippen molar-refractivity contribution in [1.29, 1.82) is 0 Å². The largest absolute Gasteiger partial charge is 0.358 e. The number of allylic oxidation sites excluding steroid dienone is 7. The summed E-state index contributed by atoms with van der Waals surface area (Å²) in [5.41, 5.74) is 16.9. The van der Waals surface area contributed by atoms with Crippen LogP contribution >= 0.6 is 11.3 Å². The van der Waals surface area contributed by atoms with Gasteiger partial charge in [0.05, 0.1) is 16.6 Å². The van der Waals surface area contributed by atoms with Crippen molar-refractivity contribution in [2.75, 3.05) is 6.54 Å². The van der Waals surface area contributed by atoms with E-state index < -0.39 is 0 Å². The molecule has 2 aliphatic heterocycles. The fourth-order valence-electron chi connectivity index (χ4n) is 9.24. The Kier molecular flexibility index (Phi) is 8.82. The highest BCUT2D eigenvalue weighted by Crippen LogP contribution is 2.52. The topological polar surface area (TPSA) is 8.17 Å². The fourth-order valence-corrected chi connectivity index (χ4v) is 10.2. The number of fused-ring (bicyclic) bond motifs is 9. The van der Waals surface area contributed by atoms with Gasteiger partial charge in [0.25, 0.3) is 0 Å². The Morgan fingerprint density at radius 3 is 2.40 bits per heavy atom. The monoisotopic (exact) mass is 710 g/mol. The van der Waals surface area contributed by atoms with E-state index in [0.717, 1.165) is 25.1 Å². The predicted molar refractivity (Wildman–Crippen MR) is 232 cm³/mol. The van der Waals surface area contributed by atoms with E-state index >= 15 is 0 Å². The Hall–Kier alpha value is -5.12. The summed E-state index contributed by atoms with van der Waals surface area (Å²) in [5, 5.41) is 4.87. The number of hydrogen-bond donors (Lipinski definition) is 0. The van der Waals surface area contributed by atoms with Gasteiger partial charge in [0, 0.05) is 44.6 Å². The van der Waals surface area contributed by atoms with Crippen molar-refractivity contribution < 1.29 is 0 Å². The van der Waals surface area contributed by atoms with Crippen LogP contribution < -0.4 is 0 Å². The fraction of sp³-hybridized carbons (Fsp3) is 0.240. The van der Waals surface area contributed by atoms with Crippen molar-refractivity contribution in [3.05, 3.63) is 156 Å². The first-order valence-electron chi connectivity index (χ1n) is 19.4. The van der Waals surface area contributed by atoms with Crippen molar-refractivity contribution >= 4 is 44.5 Å². The molecular weight excluding hydrogens is 661 g/mol. The average Bonchev–Trinajstić information content (AvgIpc) is 3.92.